The van der Waals surface area contributed by atoms with Crippen molar-refractivity contribution < 1.29 is 14.3 Å². The van der Waals surface area contributed by atoms with Gasteiger partial charge >= 0.3 is 5.97 Å². The van der Waals surface area contributed by atoms with E-state index in [1.54, 1.807) is 19.2 Å². The molecule has 0 aliphatic heterocycles. The number of benzene rings is 1. The highest BCUT2D eigenvalue weighted by molar-refractivity contribution is 7.59. The first-order valence-corrected chi connectivity index (χ1v) is 4.28. The molecule has 0 radical (unpaired) electrons. The second-order valence-corrected chi connectivity index (χ2v) is 3.01. The van der Waals surface area contributed by atoms with Gasteiger partial charge in [-0.05, 0) is 31.2 Å². The molecule has 0 amide bonds. The standard InChI is InChI=1S/C10H12FNO2.H2S/c1-12-9(10(13)14)6-7-2-4-8(11)5-3-7;/h2-5,9,12H,6H2,1H3,(H,13,14);1H2/t9-;/m0./s1. The van der Waals surface area contributed by atoms with Crippen LogP contribution < -0.4 is 5.32 Å². The summed E-state index contributed by atoms with van der Waals surface area (Å²) in [4.78, 5) is 10.7. The van der Waals surface area contributed by atoms with E-state index in [0.29, 0.717) is 6.42 Å². The van der Waals surface area contributed by atoms with Gasteiger partial charge in [0.05, 0.1) is 0 Å². The number of carboxylic acids is 1. The number of hydrogen-bond donors (Lipinski definition) is 2. The van der Waals surface area contributed by atoms with E-state index in [4.69, 9.17) is 5.11 Å². The lowest BCUT2D eigenvalue weighted by Gasteiger charge is -2.10. The van der Waals surface area contributed by atoms with Crippen molar-refractivity contribution in [1.82, 2.24) is 5.32 Å². The summed E-state index contributed by atoms with van der Waals surface area (Å²) in [6.07, 6.45) is 0.353. The number of nitrogens with one attached hydrogen (secondary N) is 1. The molecule has 5 heteroatoms. The second-order valence-electron chi connectivity index (χ2n) is 3.01. The van der Waals surface area contributed by atoms with Crippen molar-refractivity contribution in [3.05, 3.63) is 35.6 Å². The fourth-order valence-electron chi connectivity index (χ4n) is 1.17. The Morgan fingerprint density at radius 2 is 2.00 bits per heavy atom. The van der Waals surface area contributed by atoms with Gasteiger partial charge in [-0.25, -0.2) is 4.39 Å². The molecule has 0 spiro atoms. The van der Waals surface area contributed by atoms with Crippen molar-refractivity contribution in [2.45, 2.75) is 12.5 Å². The summed E-state index contributed by atoms with van der Waals surface area (Å²) in [6.45, 7) is 0. The van der Waals surface area contributed by atoms with Crippen LogP contribution in [0.5, 0.6) is 0 Å². The smallest absolute Gasteiger partial charge is 0.321 e. The largest absolute Gasteiger partial charge is 0.480 e. The van der Waals surface area contributed by atoms with E-state index in [9.17, 15) is 9.18 Å². The van der Waals surface area contributed by atoms with E-state index < -0.39 is 12.0 Å². The van der Waals surface area contributed by atoms with Gasteiger partial charge < -0.3 is 10.4 Å². The van der Waals surface area contributed by atoms with Gasteiger partial charge in [0, 0.05) is 0 Å². The third-order valence-electron chi connectivity index (χ3n) is 2.00. The molecular formula is C10H14FNO2S. The Balaban J connectivity index is 0.00000196. The van der Waals surface area contributed by atoms with E-state index in [2.05, 4.69) is 5.32 Å². The first-order chi connectivity index (χ1) is 6.63. The molecule has 0 fully saturated rings. The molecule has 3 nitrogen and oxygen atoms in total. The minimum atomic E-state index is -0.906. The molecule has 0 unspecified atom stereocenters. The average Bonchev–Trinajstić information content (AvgIpc) is 2.16. The summed E-state index contributed by atoms with van der Waals surface area (Å²) in [7, 11) is 1.59. The molecule has 1 rings (SSSR count). The van der Waals surface area contributed by atoms with Crippen molar-refractivity contribution in [2.75, 3.05) is 7.05 Å². The maximum Gasteiger partial charge on any atom is 0.321 e. The number of rotatable bonds is 4. The Labute approximate surface area is 94.8 Å². The summed E-state index contributed by atoms with van der Waals surface area (Å²) < 4.78 is 12.5. The van der Waals surface area contributed by atoms with Gasteiger partial charge in [0.1, 0.15) is 11.9 Å². The first kappa shape index (κ1) is 13.9. The molecule has 84 valence electrons. The highest BCUT2D eigenvalue weighted by Crippen LogP contribution is 2.05. The predicted octanol–water partition coefficient (Wildman–Crippen LogP) is 1.15. The molecule has 2 N–H and O–H groups in total. The normalized spacial score (nSPS) is 11.6. The van der Waals surface area contributed by atoms with Gasteiger partial charge in [-0.1, -0.05) is 12.1 Å². The molecule has 0 saturated heterocycles. The summed E-state index contributed by atoms with van der Waals surface area (Å²) in [6, 6.07) is 5.19. The van der Waals surface area contributed by atoms with Crippen LogP contribution in [0, 0.1) is 5.82 Å². The highest BCUT2D eigenvalue weighted by Gasteiger charge is 2.14. The van der Waals surface area contributed by atoms with Crippen molar-refractivity contribution in [3.8, 4) is 0 Å². The van der Waals surface area contributed by atoms with Gasteiger partial charge in [0.15, 0.2) is 0 Å². The Kier molecular flexibility index (Phi) is 5.96. The minimum absolute atomic E-state index is 0. The van der Waals surface area contributed by atoms with Gasteiger partial charge in [-0.3, -0.25) is 4.79 Å². The van der Waals surface area contributed by atoms with Crippen LogP contribution >= 0.6 is 13.5 Å². The Morgan fingerprint density at radius 1 is 1.47 bits per heavy atom. The van der Waals surface area contributed by atoms with Crippen LogP contribution in [-0.4, -0.2) is 24.2 Å². The van der Waals surface area contributed by atoms with Crippen LogP contribution in [-0.2, 0) is 11.2 Å². The van der Waals surface area contributed by atoms with Crippen LogP contribution in [0.2, 0.25) is 0 Å². The van der Waals surface area contributed by atoms with E-state index in [0.717, 1.165) is 5.56 Å². The zero-order valence-electron chi connectivity index (χ0n) is 8.33. The van der Waals surface area contributed by atoms with E-state index in [-0.39, 0.29) is 19.3 Å². The van der Waals surface area contributed by atoms with E-state index in [1.807, 2.05) is 0 Å². The van der Waals surface area contributed by atoms with Gasteiger partial charge in [0.2, 0.25) is 0 Å². The fourth-order valence-corrected chi connectivity index (χ4v) is 1.17. The third-order valence-corrected chi connectivity index (χ3v) is 2.00. The van der Waals surface area contributed by atoms with Crippen LogP contribution in [0.1, 0.15) is 5.56 Å². The molecule has 15 heavy (non-hydrogen) atoms. The average molecular weight is 231 g/mol. The lowest BCUT2D eigenvalue weighted by atomic mass is 10.1. The number of carboxylic acid groups (broad SMARTS) is 1. The SMILES string of the molecule is CN[C@@H](Cc1ccc(F)cc1)C(=O)O.S. The lowest BCUT2D eigenvalue weighted by molar-refractivity contribution is -0.139. The van der Waals surface area contributed by atoms with Gasteiger partial charge in [0.25, 0.3) is 0 Å². The Bertz CT molecular complexity index is 316. The minimum Gasteiger partial charge on any atom is -0.480 e. The maximum atomic E-state index is 12.5. The molecular weight excluding hydrogens is 217 g/mol. The lowest BCUT2D eigenvalue weighted by Crippen LogP contribution is -2.35. The number of carbonyl (C=O) groups is 1. The zero-order valence-corrected chi connectivity index (χ0v) is 9.33. The molecule has 0 bridgehead atoms. The fraction of sp³-hybridized carbons (Fsp3) is 0.300. The van der Waals surface area contributed by atoms with Crippen LogP contribution in [0.25, 0.3) is 0 Å². The second kappa shape index (κ2) is 6.42. The van der Waals surface area contributed by atoms with Gasteiger partial charge in [-0.2, -0.15) is 13.5 Å². The third kappa shape index (κ3) is 4.31. The van der Waals surface area contributed by atoms with Crippen molar-refractivity contribution in [1.29, 1.82) is 0 Å². The van der Waals surface area contributed by atoms with Crippen LogP contribution in [0.4, 0.5) is 4.39 Å². The topological polar surface area (TPSA) is 49.3 Å². The zero-order chi connectivity index (χ0) is 10.6. The maximum absolute atomic E-state index is 12.5. The van der Waals surface area contributed by atoms with Crippen molar-refractivity contribution >= 4 is 19.5 Å². The predicted molar refractivity (Wildman–Crippen MR) is 61.0 cm³/mol. The molecule has 1 atom stereocenters. The summed E-state index contributed by atoms with van der Waals surface area (Å²) >= 11 is 0. The number of aliphatic carboxylic acids is 1. The Hall–Kier alpha value is -1.07. The first-order valence-electron chi connectivity index (χ1n) is 4.28. The van der Waals surface area contributed by atoms with Crippen LogP contribution in [0.3, 0.4) is 0 Å². The monoisotopic (exact) mass is 231 g/mol. The van der Waals surface area contributed by atoms with Gasteiger partial charge in [-0.15, -0.1) is 0 Å². The highest BCUT2D eigenvalue weighted by atomic mass is 32.1. The number of hydrogen-bond acceptors (Lipinski definition) is 2. The summed E-state index contributed by atoms with van der Waals surface area (Å²) in [5.41, 5.74) is 0.799. The Morgan fingerprint density at radius 3 is 2.40 bits per heavy atom. The molecule has 0 aliphatic rings. The molecule has 0 aliphatic carbocycles. The molecule has 1 aromatic rings. The molecule has 0 heterocycles. The molecule has 0 aromatic heterocycles. The summed E-state index contributed by atoms with van der Waals surface area (Å²) in [5.74, 6) is -1.22. The van der Waals surface area contributed by atoms with Crippen LogP contribution in [0.15, 0.2) is 24.3 Å². The summed E-state index contributed by atoms with van der Waals surface area (Å²) in [5, 5.41) is 11.4. The van der Waals surface area contributed by atoms with Crippen molar-refractivity contribution in [3.63, 3.8) is 0 Å². The van der Waals surface area contributed by atoms with E-state index >= 15 is 0 Å². The van der Waals surface area contributed by atoms with E-state index in [1.165, 1.54) is 12.1 Å². The number of likely N-dealkylation sites (N-methyl/N-ethyl adjacent to an activating group) is 1. The molecule has 1 aromatic carbocycles. The molecule has 0 saturated carbocycles. The quantitative estimate of drug-likeness (QED) is 0.817. The number of halogens is 1. The van der Waals surface area contributed by atoms with Crippen molar-refractivity contribution in [2.24, 2.45) is 0 Å².